The Balaban J connectivity index is 1.27. The molecule has 0 aromatic carbocycles. The second kappa shape index (κ2) is 7.45. The van der Waals surface area contributed by atoms with Crippen molar-refractivity contribution in [2.24, 2.45) is 0 Å². The Bertz CT molecular complexity index is 765. The van der Waals surface area contributed by atoms with Crippen LogP contribution in [0.2, 0.25) is 0 Å². The average Bonchev–Trinajstić information content (AvgIpc) is 3.09. The van der Waals surface area contributed by atoms with Crippen LogP contribution in [0.4, 0.5) is 0 Å². The Hall–Kier alpha value is -2.05. The molecule has 132 valence electrons. The Morgan fingerprint density at radius 1 is 1.04 bits per heavy atom. The summed E-state index contributed by atoms with van der Waals surface area (Å²) in [6.45, 7) is 6.75. The van der Waals surface area contributed by atoms with Gasteiger partial charge in [-0.2, -0.15) is 5.10 Å². The minimum Gasteiger partial charge on any atom is -0.299 e. The zero-order valence-electron chi connectivity index (χ0n) is 14.6. The van der Waals surface area contributed by atoms with Gasteiger partial charge in [0.2, 0.25) is 0 Å². The monoisotopic (exact) mass is 339 g/mol. The minimum absolute atomic E-state index is 0.0517. The van der Waals surface area contributed by atoms with Gasteiger partial charge >= 0.3 is 0 Å². The molecule has 0 radical (unpaired) electrons. The number of pyridine rings is 1. The first kappa shape index (κ1) is 16.4. The fourth-order valence-electron chi connectivity index (χ4n) is 3.76. The second-order valence-corrected chi connectivity index (χ2v) is 7.01. The lowest BCUT2D eigenvalue weighted by Crippen LogP contribution is -2.47. The summed E-state index contributed by atoms with van der Waals surface area (Å²) in [7, 11) is 0. The van der Waals surface area contributed by atoms with E-state index >= 15 is 0 Å². The highest BCUT2D eigenvalue weighted by Gasteiger charge is 2.18. The van der Waals surface area contributed by atoms with E-state index in [0.717, 1.165) is 69.8 Å². The number of piperazine rings is 1. The van der Waals surface area contributed by atoms with E-state index in [-0.39, 0.29) is 5.56 Å². The minimum atomic E-state index is 0.0517. The van der Waals surface area contributed by atoms with Crippen molar-refractivity contribution in [1.29, 1.82) is 0 Å². The van der Waals surface area contributed by atoms with E-state index in [0.29, 0.717) is 6.54 Å². The summed E-state index contributed by atoms with van der Waals surface area (Å²) in [5.41, 5.74) is 3.60. The maximum absolute atomic E-state index is 12.2. The lowest BCUT2D eigenvalue weighted by Gasteiger charge is -2.34. The Labute approximate surface area is 148 Å². The summed E-state index contributed by atoms with van der Waals surface area (Å²) < 4.78 is 1.66. The summed E-state index contributed by atoms with van der Waals surface area (Å²) >= 11 is 0. The van der Waals surface area contributed by atoms with Crippen LogP contribution in [0, 0.1) is 0 Å². The van der Waals surface area contributed by atoms with Crippen molar-refractivity contribution < 1.29 is 0 Å². The molecular weight excluding hydrogens is 314 g/mol. The number of aromatic nitrogens is 3. The molecule has 6 nitrogen and oxygen atoms in total. The van der Waals surface area contributed by atoms with Crippen molar-refractivity contribution in [3.05, 3.63) is 57.8 Å². The lowest BCUT2D eigenvalue weighted by molar-refractivity contribution is 0.122. The molecule has 0 atom stereocenters. The first-order chi connectivity index (χ1) is 12.3. The van der Waals surface area contributed by atoms with Crippen LogP contribution in [-0.2, 0) is 25.9 Å². The highest BCUT2D eigenvalue weighted by molar-refractivity contribution is 5.22. The number of hydrogen-bond donors (Lipinski definition) is 0. The van der Waals surface area contributed by atoms with Crippen molar-refractivity contribution in [2.75, 3.05) is 32.7 Å². The summed E-state index contributed by atoms with van der Waals surface area (Å²) in [6.07, 6.45) is 6.92. The van der Waals surface area contributed by atoms with E-state index in [9.17, 15) is 4.79 Å². The van der Waals surface area contributed by atoms with Gasteiger partial charge in [0.05, 0.1) is 12.2 Å². The summed E-state index contributed by atoms with van der Waals surface area (Å²) in [6, 6.07) is 5.92. The zero-order chi connectivity index (χ0) is 17.1. The molecule has 0 bridgehead atoms. The predicted molar refractivity (Wildman–Crippen MR) is 96.5 cm³/mol. The van der Waals surface area contributed by atoms with E-state index in [1.807, 2.05) is 18.5 Å². The van der Waals surface area contributed by atoms with Gasteiger partial charge in [-0.25, -0.2) is 4.68 Å². The SMILES string of the molecule is O=c1cc2c(nn1CCN1CCN(Cc3cccnc3)CC1)CCC2. The number of nitrogens with zero attached hydrogens (tertiary/aromatic N) is 5. The van der Waals surface area contributed by atoms with Crippen molar-refractivity contribution in [1.82, 2.24) is 24.6 Å². The molecule has 1 saturated heterocycles. The molecule has 0 saturated carbocycles. The number of hydrogen-bond acceptors (Lipinski definition) is 5. The standard InChI is InChI=1S/C19H25N5O/c25-19-13-17-4-1-5-18(17)21-24(19)12-11-22-7-9-23(10-8-22)15-16-3-2-6-20-14-16/h2-3,6,13-14H,1,4-5,7-12,15H2. The van der Waals surface area contributed by atoms with E-state index in [1.165, 1.54) is 5.56 Å². The molecule has 3 heterocycles. The first-order valence-corrected chi connectivity index (χ1v) is 9.21. The van der Waals surface area contributed by atoms with Gasteiger partial charge in [-0.05, 0) is 36.5 Å². The van der Waals surface area contributed by atoms with Crippen LogP contribution in [0.15, 0.2) is 35.4 Å². The number of rotatable bonds is 5. The van der Waals surface area contributed by atoms with Crippen LogP contribution < -0.4 is 5.56 Å². The molecule has 6 heteroatoms. The van der Waals surface area contributed by atoms with Crippen LogP contribution >= 0.6 is 0 Å². The summed E-state index contributed by atoms with van der Waals surface area (Å²) in [5, 5.41) is 4.57. The van der Waals surface area contributed by atoms with Gasteiger partial charge < -0.3 is 0 Å². The topological polar surface area (TPSA) is 54.3 Å². The van der Waals surface area contributed by atoms with Crippen molar-refractivity contribution in [2.45, 2.75) is 32.4 Å². The molecule has 0 unspecified atom stereocenters. The van der Waals surface area contributed by atoms with Gasteiger partial charge in [0.25, 0.3) is 5.56 Å². The second-order valence-electron chi connectivity index (χ2n) is 7.01. The van der Waals surface area contributed by atoms with Crippen LogP contribution in [0.25, 0.3) is 0 Å². The van der Waals surface area contributed by atoms with Crippen molar-refractivity contribution in [3.63, 3.8) is 0 Å². The molecule has 2 aliphatic rings. The van der Waals surface area contributed by atoms with E-state index in [1.54, 1.807) is 10.7 Å². The molecule has 25 heavy (non-hydrogen) atoms. The fraction of sp³-hybridized carbons (Fsp3) is 0.526. The quantitative estimate of drug-likeness (QED) is 0.812. The highest BCUT2D eigenvalue weighted by Crippen LogP contribution is 2.17. The molecule has 2 aromatic heterocycles. The third-order valence-corrected chi connectivity index (χ3v) is 5.25. The molecule has 1 fully saturated rings. The van der Waals surface area contributed by atoms with Crippen molar-refractivity contribution >= 4 is 0 Å². The maximum Gasteiger partial charge on any atom is 0.267 e. The number of aryl methyl sites for hydroxylation is 2. The smallest absolute Gasteiger partial charge is 0.267 e. The van der Waals surface area contributed by atoms with Crippen LogP contribution in [0.1, 0.15) is 23.2 Å². The Kier molecular flexibility index (Phi) is 4.90. The normalized spacial score (nSPS) is 18.4. The third-order valence-electron chi connectivity index (χ3n) is 5.25. The highest BCUT2D eigenvalue weighted by atomic mass is 16.1. The van der Waals surface area contributed by atoms with Gasteiger partial charge in [-0.15, -0.1) is 0 Å². The van der Waals surface area contributed by atoms with E-state index < -0.39 is 0 Å². The zero-order valence-corrected chi connectivity index (χ0v) is 14.6. The molecule has 0 N–H and O–H groups in total. The largest absolute Gasteiger partial charge is 0.299 e. The lowest BCUT2D eigenvalue weighted by atomic mass is 10.2. The summed E-state index contributed by atoms with van der Waals surface area (Å²) in [4.78, 5) is 21.3. The van der Waals surface area contributed by atoms with Gasteiger partial charge in [-0.3, -0.25) is 19.6 Å². The predicted octanol–water partition coefficient (Wildman–Crippen LogP) is 0.945. The van der Waals surface area contributed by atoms with Crippen molar-refractivity contribution in [3.8, 4) is 0 Å². The first-order valence-electron chi connectivity index (χ1n) is 9.21. The fourth-order valence-corrected chi connectivity index (χ4v) is 3.76. The molecule has 1 aliphatic carbocycles. The summed E-state index contributed by atoms with van der Waals surface area (Å²) in [5.74, 6) is 0. The molecule has 0 spiro atoms. The van der Waals surface area contributed by atoms with Crippen LogP contribution in [0.3, 0.4) is 0 Å². The molecule has 2 aromatic rings. The molecular formula is C19H25N5O. The number of fused-ring (bicyclic) bond motifs is 1. The molecule has 4 rings (SSSR count). The van der Waals surface area contributed by atoms with Gasteiger partial charge in [0.1, 0.15) is 0 Å². The van der Waals surface area contributed by atoms with E-state index in [4.69, 9.17) is 0 Å². The van der Waals surface area contributed by atoms with Crippen LogP contribution in [0.5, 0.6) is 0 Å². The third kappa shape index (κ3) is 3.96. The van der Waals surface area contributed by atoms with Gasteiger partial charge in [-0.1, -0.05) is 6.07 Å². The van der Waals surface area contributed by atoms with E-state index in [2.05, 4.69) is 25.9 Å². The average molecular weight is 339 g/mol. The Morgan fingerprint density at radius 3 is 2.68 bits per heavy atom. The molecule has 0 amide bonds. The van der Waals surface area contributed by atoms with Crippen LogP contribution in [-0.4, -0.2) is 57.3 Å². The Morgan fingerprint density at radius 2 is 1.88 bits per heavy atom. The maximum atomic E-state index is 12.2. The van der Waals surface area contributed by atoms with Gasteiger partial charge in [0.15, 0.2) is 0 Å². The van der Waals surface area contributed by atoms with Gasteiger partial charge in [0, 0.05) is 57.7 Å². The molecule has 1 aliphatic heterocycles.